The summed E-state index contributed by atoms with van der Waals surface area (Å²) in [6.07, 6.45) is 3.41. The first-order valence-electron chi connectivity index (χ1n) is 16.5. The molecule has 10 nitrogen and oxygen atoms in total. The minimum atomic E-state index is -4.00. The number of nitrogens with one attached hydrogen (secondary N) is 3. The lowest BCUT2D eigenvalue weighted by Gasteiger charge is -2.40. The average molecular weight is 682 g/mol. The van der Waals surface area contributed by atoms with Crippen LogP contribution in [0.2, 0.25) is 0 Å². The van der Waals surface area contributed by atoms with Crippen molar-refractivity contribution in [2.45, 2.75) is 103 Å². The van der Waals surface area contributed by atoms with Gasteiger partial charge in [0.2, 0.25) is 21.8 Å². The third-order valence-corrected chi connectivity index (χ3v) is 10.6. The van der Waals surface area contributed by atoms with Gasteiger partial charge in [-0.3, -0.25) is 14.4 Å². The van der Waals surface area contributed by atoms with Gasteiger partial charge in [0.25, 0.3) is 5.91 Å². The van der Waals surface area contributed by atoms with Gasteiger partial charge in [0.05, 0.1) is 17.8 Å². The van der Waals surface area contributed by atoms with E-state index in [4.69, 9.17) is 5.73 Å². The Bertz CT molecular complexity index is 1590. The van der Waals surface area contributed by atoms with Crippen LogP contribution in [0.5, 0.6) is 0 Å². The van der Waals surface area contributed by atoms with Gasteiger partial charge in [-0.2, -0.15) is 0 Å². The van der Waals surface area contributed by atoms with Crippen molar-refractivity contribution >= 4 is 27.7 Å². The Morgan fingerprint density at radius 2 is 1.52 bits per heavy atom. The van der Waals surface area contributed by atoms with Crippen molar-refractivity contribution in [2.75, 3.05) is 14.1 Å². The summed E-state index contributed by atoms with van der Waals surface area (Å²) in [5, 5.41) is 6.17. The normalized spacial score (nSPS) is 16.9. The SMILES string of the molecule is CNC(C(=O)NC(C(=O)N(C)C(C=C(C)C(=O)NS(=O)(=O)Cc1ccc(C2(N)CC2)cc1)C(C)C)C(C)(C)C)C(C)(C)c1ccccc1. The molecule has 1 saturated carbocycles. The van der Waals surface area contributed by atoms with E-state index in [1.165, 1.54) is 11.8 Å². The molecule has 48 heavy (non-hydrogen) atoms. The fourth-order valence-electron chi connectivity index (χ4n) is 6.00. The lowest BCUT2D eigenvalue weighted by atomic mass is 9.76. The number of benzene rings is 2. The van der Waals surface area contributed by atoms with Crippen LogP contribution in [-0.4, -0.2) is 63.3 Å². The first-order chi connectivity index (χ1) is 22.1. The molecule has 1 aliphatic carbocycles. The summed E-state index contributed by atoms with van der Waals surface area (Å²) < 4.78 is 28.0. The van der Waals surface area contributed by atoms with E-state index in [-0.39, 0.29) is 34.6 Å². The predicted molar refractivity (Wildman–Crippen MR) is 191 cm³/mol. The van der Waals surface area contributed by atoms with Crippen LogP contribution >= 0.6 is 0 Å². The maximum atomic E-state index is 14.1. The van der Waals surface area contributed by atoms with Crippen molar-refractivity contribution in [1.29, 1.82) is 0 Å². The zero-order chi connectivity index (χ0) is 36.2. The van der Waals surface area contributed by atoms with Gasteiger partial charge in [-0.1, -0.05) is 109 Å². The third kappa shape index (κ3) is 9.54. The highest BCUT2D eigenvalue weighted by Crippen LogP contribution is 2.42. The summed E-state index contributed by atoms with van der Waals surface area (Å²) in [4.78, 5) is 42.6. The molecule has 0 aromatic heterocycles. The number of nitrogens with zero attached hydrogens (tertiary/aromatic N) is 1. The van der Waals surface area contributed by atoms with E-state index in [1.54, 1.807) is 32.3 Å². The van der Waals surface area contributed by atoms with Crippen molar-refractivity contribution in [3.8, 4) is 0 Å². The molecule has 3 amide bonds. The van der Waals surface area contributed by atoms with Gasteiger partial charge in [0.1, 0.15) is 6.04 Å². The van der Waals surface area contributed by atoms with Crippen LogP contribution in [-0.2, 0) is 41.1 Å². The molecule has 0 radical (unpaired) electrons. The van der Waals surface area contributed by atoms with Gasteiger partial charge in [-0.05, 0) is 54.8 Å². The van der Waals surface area contributed by atoms with E-state index in [0.29, 0.717) is 5.56 Å². The molecule has 5 N–H and O–H groups in total. The van der Waals surface area contributed by atoms with E-state index in [2.05, 4.69) is 15.4 Å². The molecule has 2 aromatic carbocycles. The van der Waals surface area contributed by atoms with Gasteiger partial charge in [-0.15, -0.1) is 0 Å². The second-order valence-corrected chi connectivity index (χ2v) is 16.9. The van der Waals surface area contributed by atoms with E-state index >= 15 is 0 Å². The minimum Gasteiger partial charge on any atom is -0.342 e. The molecule has 0 saturated heterocycles. The molecule has 0 spiro atoms. The number of carbonyl (C=O) groups is 3. The number of hydrogen-bond acceptors (Lipinski definition) is 7. The lowest BCUT2D eigenvalue weighted by Crippen LogP contribution is -2.61. The van der Waals surface area contributed by atoms with Crippen LogP contribution in [0.3, 0.4) is 0 Å². The van der Waals surface area contributed by atoms with Gasteiger partial charge >= 0.3 is 0 Å². The van der Waals surface area contributed by atoms with Crippen LogP contribution < -0.4 is 21.1 Å². The number of nitrogens with two attached hydrogens (primary N) is 1. The molecule has 2 aromatic rings. The summed E-state index contributed by atoms with van der Waals surface area (Å²) in [5.41, 5.74) is 7.32. The molecule has 1 fully saturated rings. The number of hydrogen-bond donors (Lipinski definition) is 4. The third-order valence-electron chi connectivity index (χ3n) is 9.37. The first-order valence-corrected chi connectivity index (χ1v) is 18.2. The van der Waals surface area contributed by atoms with Gasteiger partial charge in [-0.25, -0.2) is 13.1 Å². The Balaban J connectivity index is 1.76. The van der Waals surface area contributed by atoms with Crippen molar-refractivity contribution in [3.05, 3.63) is 82.9 Å². The van der Waals surface area contributed by atoms with Crippen LogP contribution in [0, 0.1) is 11.3 Å². The summed E-state index contributed by atoms with van der Waals surface area (Å²) in [6, 6.07) is 14.8. The summed E-state index contributed by atoms with van der Waals surface area (Å²) in [6.45, 7) is 15.0. The largest absolute Gasteiger partial charge is 0.342 e. The predicted octanol–water partition coefficient (Wildman–Crippen LogP) is 4.11. The van der Waals surface area contributed by atoms with Crippen molar-refractivity contribution in [2.24, 2.45) is 17.1 Å². The molecule has 0 aliphatic heterocycles. The smallest absolute Gasteiger partial charge is 0.260 e. The minimum absolute atomic E-state index is 0.132. The fourth-order valence-corrected chi connectivity index (χ4v) is 7.14. The molecule has 11 heteroatoms. The number of carbonyl (C=O) groups excluding carboxylic acids is 3. The Hall–Kier alpha value is -3.54. The topological polar surface area (TPSA) is 151 Å². The zero-order valence-corrected chi connectivity index (χ0v) is 31.0. The highest BCUT2D eigenvalue weighted by Gasteiger charge is 2.42. The summed E-state index contributed by atoms with van der Waals surface area (Å²) in [7, 11) is -0.638. The number of amides is 3. The number of sulfonamides is 1. The highest BCUT2D eigenvalue weighted by atomic mass is 32.2. The first kappa shape index (κ1) is 38.9. The van der Waals surface area contributed by atoms with Gasteiger partial charge in [0.15, 0.2) is 0 Å². The van der Waals surface area contributed by atoms with E-state index in [0.717, 1.165) is 24.0 Å². The average Bonchev–Trinajstić information content (AvgIpc) is 3.75. The Morgan fingerprint density at radius 3 is 2.00 bits per heavy atom. The van der Waals surface area contributed by atoms with E-state index in [9.17, 15) is 22.8 Å². The molecule has 264 valence electrons. The van der Waals surface area contributed by atoms with Gasteiger partial charge in [0, 0.05) is 23.6 Å². The zero-order valence-electron chi connectivity index (χ0n) is 30.2. The molecule has 3 atom stereocenters. The van der Waals surface area contributed by atoms with Crippen LogP contribution in [0.1, 0.15) is 84.9 Å². The van der Waals surface area contributed by atoms with Crippen molar-refractivity contribution < 1.29 is 22.8 Å². The van der Waals surface area contributed by atoms with Crippen LogP contribution in [0.25, 0.3) is 0 Å². The monoisotopic (exact) mass is 681 g/mol. The molecule has 0 heterocycles. The highest BCUT2D eigenvalue weighted by molar-refractivity contribution is 7.89. The summed E-state index contributed by atoms with van der Waals surface area (Å²) in [5.74, 6) is -1.90. The van der Waals surface area contributed by atoms with Crippen molar-refractivity contribution in [3.63, 3.8) is 0 Å². The molecule has 3 unspecified atom stereocenters. The Morgan fingerprint density at radius 1 is 0.958 bits per heavy atom. The number of rotatable bonds is 14. The molecule has 1 aliphatic rings. The molecule has 0 bridgehead atoms. The summed E-state index contributed by atoms with van der Waals surface area (Å²) >= 11 is 0. The Labute approximate surface area is 287 Å². The molecular formula is C37H55N5O5S. The van der Waals surface area contributed by atoms with Crippen molar-refractivity contribution in [1.82, 2.24) is 20.3 Å². The Kier molecular flexibility index (Phi) is 12.1. The molecule has 3 rings (SSSR count). The lowest BCUT2D eigenvalue weighted by molar-refractivity contribution is -0.140. The maximum absolute atomic E-state index is 14.1. The number of likely N-dealkylation sites (N-methyl/N-ethyl adjacent to an activating group) is 2. The maximum Gasteiger partial charge on any atom is 0.260 e. The second kappa shape index (κ2) is 14.9. The van der Waals surface area contributed by atoms with Gasteiger partial charge < -0.3 is 21.3 Å². The van der Waals surface area contributed by atoms with E-state index in [1.807, 2.05) is 90.9 Å². The van der Waals surface area contributed by atoms with Crippen LogP contribution in [0.4, 0.5) is 0 Å². The fraction of sp³-hybridized carbons (Fsp3) is 0.541. The van der Waals surface area contributed by atoms with Crippen LogP contribution in [0.15, 0.2) is 66.2 Å². The van der Waals surface area contributed by atoms with E-state index < -0.39 is 44.9 Å². The second-order valence-electron chi connectivity index (χ2n) is 15.2. The standard InChI is InChI=1S/C37H55N5O5S/c1-24(2)29(22-25(3)32(43)41-48(46,47)23-26-16-18-28(19-17-26)37(38)20-21-37)42(10)34(45)31(35(4,5)6)40-33(44)30(39-9)36(7,8)27-14-12-11-13-15-27/h11-19,22,24,29-31,39H,20-21,23,38H2,1-10H3,(H,40,44)(H,41,43). The molecular weight excluding hydrogens is 627 g/mol. The quantitative estimate of drug-likeness (QED) is 0.219.